The fraction of sp³-hybridized carbons (Fsp3) is 0.286. The molecule has 2 aromatic rings. The number of fused-ring (bicyclic) bond motifs is 2. The van der Waals surface area contributed by atoms with E-state index >= 15 is 0 Å². The van der Waals surface area contributed by atoms with Gasteiger partial charge >= 0.3 is 0 Å². The summed E-state index contributed by atoms with van der Waals surface area (Å²) >= 11 is 1.71. The number of benzene rings is 1. The van der Waals surface area contributed by atoms with E-state index < -0.39 is 0 Å². The van der Waals surface area contributed by atoms with Crippen molar-refractivity contribution in [3.05, 3.63) is 30.5 Å². The van der Waals surface area contributed by atoms with Crippen molar-refractivity contribution in [2.75, 3.05) is 23.3 Å². The summed E-state index contributed by atoms with van der Waals surface area (Å²) in [5.74, 6) is 1.69. The van der Waals surface area contributed by atoms with E-state index in [2.05, 4.69) is 46.2 Å². The predicted octanol–water partition coefficient (Wildman–Crippen LogP) is 3.53. The largest absolute Gasteiger partial charge is 0.341 e. The standard InChI is InChI=1S/C14H16N4S/c1-3-18(4-2)14-15-9-12-13(17-14)16-10-7-5-6-8-11(10)19-12/h5-9H,3-4H2,1-2H3,(H,15,16,17). The lowest BCUT2D eigenvalue weighted by molar-refractivity contribution is 0.817. The minimum atomic E-state index is 0.788. The highest BCUT2D eigenvalue weighted by Crippen LogP contribution is 2.42. The van der Waals surface area contributed by atoms with Crippen molar-refractivity contribution in [1.29, 1.82) is 0 Å². The van der Waals surface area contributed by atoms with Gasteiger partial charge in [-0.3, -0.25) is 0 Å². The topological polar surface area (TPSA) is 41.1 Å². The lowest BCUT2D eigenvalue weighted by Gasteiger charge is -2.23. The molecule has 98 valence electrons. The van der Waals surface area contributed by atoms with Crippen molar-refractivity contribution in [1.82, 2.24) is 9.97 Å². The van der Waals surface area contributed by atoms with E-state index in [0.29, 0.717) is 0 Å². The van der Waals surface area contributed by atoms with E-state index in [1.54, 1.807) is 11.8 Å². The van der Waals surface area contributed by atoms with Crippen LogP contribution in [0, 0.1) is 0 Å². The van der Waals surface area contributed by atoms with E-state index in [-0.39, 0.29) is 0 Å². The molecule has 3 rings (SSSR count). The molecule has 0 aliphatic carbocycles. The predicted molar refractivity (Wildman–Crippen MR) is 79.4 cm³/mol. The van der Waals surface area contributed by atoms with Gasteiger partial charge in [0, 0.05) is 24.2 Å². The molecular formula is C14H16N4S. The Balaban J connectivity index is 1.96. The van der Waals surface area contributed by atoms with Crippen LogP contribution >= 0.6 is 11.8 Å². The van der Waals surface area contributed by atoms with Crippen LogP contribution in [0.2, 0.25) is 0 Å². The van der Waals surface area contributed by atoms with Crippen LogP contribution in [-0.2, 0) is 0 Å². The fourth-order valence-electron chi connectivity index (χ4n) is 2.09. The maximum atomic E-state index is 4.64. The molecule has 0 fully saturated rings. The van der Waals surface area contributed by atoms with Crippen LogP contribution in [-0.4, -0.2) is 23.1 Å². The van der Waals surface area contributed by atoms with Gasteiger partial charge in [-0.15, -0.1) is 0 Å². The number of nitrogens with zero attached hydrogens (tertiary/aromatic N) is 3. The Morgan fingerprint density at radius 2 is 1.95 bits per heavy atom. The highest BCUT2D eigenvalue weighted by molar-refractivity contribution is 7.99. The number of hydrogen-bond donors (Lipinski definition) is 1. The van der Waals surface area contributed by atoms with Gasteiger partial charge in [0.15, 0.2) is 0 Å². The second kappa shape index (κ2) is 5.09. The van der Waals surface area contributed by atoms with Crippen LogP contribution in [0.1, 0.15) is 13.8 Å². The number of hydrogen-bond acceptors (Lipinski definition) is 5. The summed E-state index contributed by atoms with van der Waals surface area (Å²) in [6.45, 7) is 6.06. The first kappa shape index (κ1) is 12.3. The van der Waals surface area contributed by atoms with Crippen molar-refractivity contribution in [2.24, 2.45) is 0 Å². The van der Waals surface area contributed by atoms with E-state index in [4.69, 9.17) is 0 Å². The van der Waals surface area contributed by atoms with E-state index in [0.717, 1.165) is 35.4 Å². The summed E-state index contributed by atoms with van der Waals surface area (Å²) in [6.07, 6.45) is 1.91. The molecule has 0 bridgehead atoms. The molecule has 0 radical (unpaired) electrons. The van der Waals surface area contributed by atoms with Gasteiger partial charge in [0.05, 0.1) is 10.6 Å². The molecule has 1 aliphatic heterocycles. The zero-order chi connectivity index (χ0) is 13.2. The minimum Gasteiger partial charge on any atom is -0.341 e. The number of nitrogens with one attached hydrogen (secondary N) is 1. The van der Waals surface area contributed by atoms with Crippen molar-refractivity contribution >= 4 is 29.2 Å². The normalized spacial score (nSPS) is 12.3. The molecular weight excluding hydrogens is 256 g/mol. The third-order valence-electron chi connectivity index (χ3n) is 3.15. The van der Waals surface area contributed by atoms with Crippen LogP contribution in [0.3, 0.4) is 0 Å². The first-order chi connectivity index (χ1) is 9.31. The summed E-state index contributed by atoms with van der Waals surface area (Å²) < 4.78 is 0. The smallest absolute Gasteiger partial charge is 0.227 e. The number of anilines is 3. The molecule has 1 aromatic heterocycles. The molecule has 0 atom stereocenters. The van der Waals surface area contributed by atoms with E-state index in [9.17, 15) is 0 Å². The Bertz CT molecular complexity index is 596. The molecule has 1 N–H and O–H groups in total. The summed E-state index contributed by atoms with van der Waals surface area (Å²) in [7, 11) is 0. The third kappa shape index (κ3) is 2.26. The zero-order valence-electron chi connectivity index (χ0n) is 11.1. The molecule has 0 amide bonds. The third-order valence-corrected chi connectivity index (χ3v) is 4.24. The summed E-state index contributed by atoms with van der Waals surface area (Å²) in [6, 6.07) is 8.26. The number of aromatic nitrogens is 2. The van der Waals surface area contributed by atoms with Crippen molar-refractivity contribution < 1.29 is 0 Å². The Morgan fingerprint density at radius 1 is 1.16 bits per heavy atom. The highest BCUT2D eigenvalue weighted by Gasteiger charge is 2.18. The van der Waals surface area contributed by atoms with Gasteiger partial charge in [0.1, 0.15) is 5.82 Å². The molecule has 0 spiro atoms. The zero-order valence-corrected chi connectivity index (χ0v) is 11.9. The highest BCUT2D eigenvalue weighted by atomic mass is 32.2. The Kier molecular flexibility index (Phi) is 3.29. The molecule has 0 saturated heterocycles. The fourth-order valence-corrected chi connectivity index (χ4v) is 3.00. The quantitative estimate of drug-likeness (QED) is 0.790. The minimum absolute atomic E-state index is 0.788. The maximum Gasteiger partial charge on any atom is 0.227 e. The SMILES string of the molecule is CCN(CC)c1ncc2c(n1)Nc1ccccc1S2. The number of para-hydroxylation sites is 1. The Hall–Kier alpha value is -1.75. The Morgan fingerprint density at radius 3 is 2.74 bits per heavy atom. The van der Waals surface area contributed by atoms with Crippen LogP contribution in [0.15, 0.2) is 40.3 Å². The van der Waals surface area contributed by atoms with E-state index in [1.165, 1.54) is 4.90 Å². The van der Waals surface area contributed by atoms with Gasteiger partial charge in [0.2, 0.25) is 5.95 Å². The van der Waals surface area contributed by atoms with Gasteiger partial charge < -0.3 is 10.2 Å². The van der Waals surface area contributed by atoms with Crippen molar-refractivity contribution in [3.8, 4) is 0 Å². The molecule has 1 aliphatic rings. The van der Waals surface area contributed by atoms with E-state index in [1.807, 2.05) is 18.3 Å². The molecule has 19 heavy (non-hydrogen) atoms. The molecule has 2 heterocycles. The molecule has 4 nitrogen and oxygen atoms in total. The van der Waals surface area contributed by atoms with Gasteiger partial charge in [-0.2, -0.15) is 4.98 Å². The van der Waals surface area contributed by atoms with Gasteiger partial charge in [-0.25, -0.2) is 4.98 Å². The van der Waals surface area contributed by atoms with Crippen LogP contribution in [0.5, 0.6) is 0 Å². The lowest BCUT2D eigenvalue weighted by Crippen LogP contribution is -2.24. The first-order valence-corrected chi connectivity index (χ1v) is 7.29. The molecule has 5 heteroatoms. The van der Waals surface area contributed by atoms with Crippen LogP contribution in [0.4, 0.5) is 17.5 Å². The van der Waals surface area contributed by atoms with Crippen molar-refractivity contribution in [3.63, 3.8) is 0 Å². The van der Waals surface area contributed by atoms with Gasteiger partial charge in [-0.05, 0) is 26.0 Å². The molecule has 0 saturated carbocycles. The average molecular weight is 272 g/mol. The average Bonchev–Trinajstić information content (AvgIpc) is 2.46. The Labute approximate surface area is 117 Å². The first-order valence-electron chi connectivity index (χ1n) is 6.47. The van der Waals surface area contributed by atoms with Crippen LogP contribution in [0.25, 0.3) is 0 Å². The maximum absolute atomic E-state index is 4.64. The van der Waals surface area contributed by atoms with Crippen molar-refractivity contribution in [2.45, 2.75) is 23.6 Å². The summed E-state index contributed by atoms with van der Waals surface area (Å²) in [5, 5.41) is 3.39. The monoisotopic (exact) mass is 272 g/mol. The summed E-state index contributed by atoms with van der Waals surface area (Å²) in [4.78, 5) is 13.5. The molecule has 1 aromatic carbocycles. The molecule has 0 unspecified atom stereocenters. The number of rotatable bonds is 3. The second-order valence-corrected chi connectivity index (χ2v) is 5.36. The lowest BCUT2D eigenvalue weighted by atomic mass is 10.3. The second-order valence-electron chi connectivity index (χ2n) is 4.28. The van der Waals surface area contributed by atoms with Gasteiger partial charge in [0.25, 0.3) is 0 Å². The van der Waals surface area contributed by atoms with Gasteiger partial charge in [-0.1, -0.05) is 23.9 Å². The summed E-state index contributed by atoms with van der Waals surface area (Å²) in [5.41, 5.74) is 1.11. The van der Waals surface area contributed by atoms with Crippen LogP contribution < -0.4 is 10.2 Å².